The molecule has 0 N–H and O–H groups in total. The summed E-state index contributed by atoms with van der Waals surface area (Å²) in [4.78, 5) is 22.6. The van der Waals surface area contributed by atoms with Crippen molar-refractivity contribution in [1.82, 2.24) is 0 Å². The van der Waals surface area contributed by atoms with E-state index in [1.165, 1.54) is 6.07 Å². The van der Waals surface area contributed by atoms with Crippen LogP contribution in [0.15, 0.2) is 54.1 Å². The fraction of sp³-hybridized carbons (Fsp3) is 0.0556. The zero-order chi connectivity index (χ0) is 17.3. The van der Waals surface area contributed by atoms with Crippen LogP contribution >= 0.6 is 11.6 Å². The van der Waals surface area contributed by atoms with E-state index >= 15 is 0 Å². The van der Waals surface area contributed by atoms with Crippen LogP contribution in [0.2, 0.25) is 5.02 Å². The van der Waals surface area contributed by atoms with Crippen molar-refractivity contribution in [2.75, 3.05) is 0 Å². The summed E-state index contributed by atoms with van der Waals surface area (Å²) in [5.74, 6) is -0.0762. The van der Waals surface area contributed by atoms with E-state index in [0.717, 1.165) is 5.56 Å². The summed E-state index contributed by atoms with van der Waals surface area (Å²) in [5.41, 5.74) is 2.20. The predicted molar refractivity (Wildman–Crippen MR) is 91.3 cm³/mol. The number of nitro groups is 1. The highest BCUT2D eigenvalue weighted by molar-refractivity contribution is 6.30. The van der Waals surface area contributed by atoms with Gasteiger partial charge in [0, 0.05) is 22.2 Å². The summed E-state index contributed by atoms with van der Waals surface area (Å²) in [6.07, 6.45) is 3.18. The Bertz CT molecular complexity index is 898. The molecule has 0 amide bonds. The van der Waals surface area contributed by atoms with Crippen LogP contribution in [-0.4, -0.2) is 10.9 Å². The number of carbonyl (C=O) groups is 1. The molecule has 1 aliphatic rings. The van der Waals surface area contributed by atoms with Crippen LogP contribution in [0, 0.1) is 17.0 Å². The monoisotopic (exact) mass is 341 g/mol. The third kappa shape index (κ3) is 3.21. The molecule has 1 heterocycles. The van der Waals surface area contributed by atoms with Crippen molar-refractivity contribution in [2.45, 2.75) is 6.92 Å². The minimum absolute atomic E-state index is 0.0117. The number of aryl methyl sites for hydroxylation is 1. The molecule has 2 aromatic carbocycles. The Kier molecular flexibility index (Phi) is 4.18. The van der Waals surface area contributed by atoms with Gasteiger partial charge in [-0.25, -0.2) is 4.79 Å². The molecule has 0 unspecified atom stereocenters. The molecule has 5 nitrogen and oxygen atoms in total. The summed E-state index contributed by atoms with van der Waals surface area (Å²) in [7, 11) is 0. The van der Waals surface area contributed by atoms with E-state index in [1.54, 1.807) is 55.5 Å². The van der Waals surface area contributed by atoms with Gasteiger partial charge in [-0.05, 0) is 48.9 Å². The number of hydrogen-bond acceptors (Lipinski definition) is 4. The van der Waals surface area contributed by atoms with Crippen molar-refractivity contribution in [3.63, 3.8) is 0 Å². The number of nitro benzene ring substituents is 1. The van der Waals surface area contributed by atoms with E-state index in [4.69, 9.17) is 16.3 Å². The number of cyclic esters (lactones) is 1. The fourth-order valence-electron chi connectivity index (χ4n) is 2.34. The lowest BCUT2D eigenvalue weighted by Gasteiger charge is -2.01. The summed E-state index contributed by atoms with van der Waals surface area (Å²) >= 11 is 5.84. The molecule has 3 rings (SSSR count). The first kappa shape index (κ1) is 16.0. The minimum atomic E-state index is -0.497. The molecule has 6 heteroatoms. The highest BCUT2D eigenvalue weighted by atomic mass is 35.5. The van der Waals surface area contributed by atoms with Crippen LogP contribution in [0.4, 0.5) is 5.69 Å². The number of carbonyl (C=O) groups excluding carboxylic acids is 1. The number of benzene rings is 2. The standard InChI is InChI=1S/C18H12ClNO4/c1-11-2-3-12(9-16(11)20(22)23)8-14-10-17(24-18(14)21)13-4-6-15(19)7-5-13/h2-10H,1H3. The lowest BCUT2D eigenvalue weighted by molar-refractivity contribution is -0.385. The van der Waals surface area contributed by atoms with Gasteiger partial charge in [0.05, 0.1) is 10.5 Å². The van der Waals surface area contributed by atoms with Crippen molar-refractivity contribution in [3.05, 3.63) is 85.9 Å². The first-order valence-corrected chi connectivity index (χ1v) is 7.48. The van der Waals surface area contributed by atoms with Crippen LogP contribution in [-0.2, 0) is 9.53 Å². The van der Waals surface area contributed by atoms with Gasteiger partial charge >= 0.3 is 5.97 Å². The van der Waals surface area contributed by atoms with Crippen molar-refractivity contribution >= 4 is 35.1 Å². The largest absolute Gasteiger partial charge is 0.422 e. The number of nitrogens with zero attached hydrogens (tertiary/aromatic N) is 1. The van der Waals surface area contributed by atoms with Gasteiger partial charge < -0.3 is 4.74 Å². The second kappa shape index (κ2) is 6.29. The quantitative estimate of drug-likeness (QED) is 0.356. The van der Waals surface area contributed by atoms with Gasteiger partial charge in [0.15, 0.2) is 0 Å². The molecule has 0 radical (unpaired) electrons. The highest BCUT2D eigenvalue weighted by Crippen LogP contribution is 2.29. The molecular formula is C18H12ClNO4. The first-order valence-electron chi connectivity index (χ1n) is 7.10. The Morgan fingerprint density at radius 1 is 1.17 bits per heavy atom. The molecule has 0 fully saturated rings. The normalized spacial score (nSPS) is 15.3. The van der Waals surface area contributed by atoms with E-state index < -0.39 is 10.9 Å². The molecule has 0 spiro atoms. The topological polar surface area (TPSA) is 69.4 Å². The van der Waals surface area contributed by atoms with E-state index in [9.17, 15) is 14.9 Å². The molecule has 120 valence electrons. The van der Waals surface area contributed by atoms with Gasteiger partial charge in [0.2, 0.25) is 0 Å². The number of ether oxygens (including phenoxy) is 1. The first-order chi connectivity index (χ1) is 11.4. The molecule has 0 aliphatic carbocycles. The third-order valence-corrected chi connectivity index (χ3v) is 3.86. The van der Waals surface area contributed by atoms with Gasteiger partial charge in [-0.2, -0.15) is 0 Å². The van der Waals surface area contributed by atoms with Crippen LogP contribution in [0.5, 0.6) is 0 Å². The van der Waals surface area contributed by atoms with Gasteiger partial charge in [0.25, 0.3) is 5.69 Å². The summed E-state index contributed by atoms with van der Waals surface area (Å²) in [5, 5.41) is 11.6. The zero-order valence-electron chi connectivity index (χ0n) is 12.7. The molecule has 24 heavy (non-hydrogen) atoms. The van der Waals surface area contributed by atoms with Crippen molar-refractivity contribution < 1.29 is 14.5 Å². The number of halogens is 1. The minimum Gasteiger partial charge on any atom is -0.422 e. The Hall–Kier alpha value is -2.92. The van der Waals surface area contributed by atoms with Gasteiger partial charge in [-0.15, -0.1) is 0 Å². The average molecular weight is 342 g/mol. The number of hydrogen-bond donors (Lipinski definition) is 0. The SMILES string of the molecule is Cc1ccc(C=C2C=C(c3ccc(Cl)cc3)OC2=O)cc1[N+](=O)[O-]. The smallest absolute Gasteiger partial charge is 0.343 e. The number of rotatable bonds is 3. The third-order valence-electron chi connectivity index (χ3n) is 3.61. The molecule has 0 bridgehead atoms. The van der Waals surface area contributed by atoms with Crippen molar-refractivity contribution in [3.8, 4) is 0 Å². The van der Waals surface area contributed by atoms with E-state index in [0.29, 0.717) is 27.5 Å². The van der Waals surface area contributed by atoms with Crippen LogP contribution in [0.3, 0.4) is 0 Å². The second-order valence-electron chi connectivity index (χ2n) is 5.31. The van der Waals surface area contributed by atoms with E-state index in [-0.39, 0.29) is 5.69 Å². The lowest BCUT2D eigenvalue weighted by atomic mass is 10.1. The second-order valence-corrected chi connectivity index (χ2v) is 5.74. The van der Waals surface area contributed by atoms with Gasteiger partial charge in [-0.1, -0.05) is 23.7 Å². The van der Waals surface area contributed by atoms with E-state index in [1.807, 2.05) is 0 Å². The summed E-state index contributed by atoms with van der Waals surface area (Å²) < 4.78 is 5.25. The van der Waals surface area contributed by atoms with Crippen LogP contribution < -0.4 is 0 Å². The fourth-order valence-corrected chi connectivity index (χ4v) is 2.46. The van der Waals surface area contributed by atoms with Gasteiger partial charge in [-0.3, -0.25) is 10.1 Å². The Labute approximate surface area is 143 Å². The van der Waals surface area contributed by atoms with Crippen molar-refractivity contribution in [1.29, 1.82) is 0 Å². The molecule has 0 aromatic heterocycles. The predicted octanol–water partition coefficient (Wildman–Crippen LogP) is 4.54. The Balaban J connectivity index is 1.95. The molecular weight excluding hydrogens is 330 g/mol. The summed E-state index contributed by atoms with van der Waals surface area (Å²) in [6.45, 7) is 1.66. The highest BCUT2D eigenvalue weighted by Gasteiger charge is 2.22. The molecule has 2 aromatic rings. The number of esters is 1. The molecule has 0 atom stereocenters. The Morgan fingerprint density at radius 2 is 1.88 bits per heavy atom. The zero-order valence-corrected chi connectivity index (χ0v) is 13.4. The van der Waals surface area contributed by atoms with E-state index in [2.05, 4.69) is 0 Å². The maximum Gasteiger partial charge on any atom is 0.343 e. The van der Waals surface area contributed by atoms with Gasteiger partial charge in [0.1, 0.15) is 5.76 Å². The summed E-state index contributed by atoms with van der Waals surface area (Å²) in [6, 6.07) is 11.7. The van der Waals surface area contributed by atoms with Crippen LogP contribution in [0.25, 0.3) is 11.8 Å². The Morgan fingerprint density at radius 3 is 2.54 bits per heavy atom. The maximum atomic E-state index is 12.0. The molecule has 0 saturated heterocycles. The lowest BCUT2D eigenvalue weighted by Crippen LogP contribution is -1.97. The molecule has 1 aliphatic heterocycles. The maximum absolute atomic E-state index is 12.0. The average Bonchev–Trinajstić information content (AvgIpc) is 2.90. The van der Waals surface area contributed by atoms with Crippen LogP contribution in [0.1, 0.15) is 16.7 Å². The van der Waals surface area contributed by atoms with Crippen molar-refractivity contribution in [2.24, 2.45) is 0 Å². The molecule has 0 saturated carbocycles.